The van der Waals surface area contributed by atoms with Crippen molar-refractivity contribution in [2.75, 3.05) is 19.7 Å². The fraction of sp³-hybridized carbons (Fsp3) is 0.350. The standard InChI is InChI=1S/C20H23FN2O2/c21-18-5-1-2-6-19(18)25-15-20(24)22-13-16-7-9-17(10-8-16)14-23-11-3-4-12-23/h1-2,5-10H,3-4,11-15H2,(H,22,24). The molecule has 4 nitrogen and oxygen atoms in total. The molecule has 2 aromatic carbocycles. The van der Waals surface area contributed by atoms with Gasteiger partial charge in [0.2, 0.25) is 0 Å². The maximum Gasteiger partial charge on any atom is 0.258 e. The lowest BCUT2D eigenvalue weighted by Gasteiger charge is -2.14. The number of rotatable bonds is 7. The predicted molar refractivity (Wildman–Crippen MR) is 94.7 cm³/mol. The van der Waals surface area contributed by atoms with Gasteiger partial charge in [0.15, 0.2) is 18.2 Å². The number of halogens is 1. The molecule has 0 atom stereocenters. The molecule has 0 bridgehead atoms. The van der Waals surface area contributed by atoms with Crippen molar-refractivity contribution in [2.45, 2.75) is 25.9 Å². The number of benzene rings is 2. The van der Waals surface area contributed by atoms with Gasteiger partial charge in [-0.2, -0.15) is 0 Å². The normalized spacial score (nSPS) is 14.4. The molecule has 132 valence electrons. The van der Waals surface area contributed by atoms with E-state index in [9.17, 15) is 9.18 Å². The highest BCUT2D eigenvalue weighted by molar-refractivity contribution is 5.77. The third-order valence-corrected chi connectivity index (χ3v) is 4.31. The molecule has 1 amide bonds. The SMILES string of the molecule is O=C(COc1ccccc1F)NCc1ccc(CN2CCCC2)cc1. The Kier molecular flexibility index (Phi) is 6.01. The number of hydrogen-bond donors (Lipinski definition) is 1. The highest BCUT2D eigenvalue weighted by Gasteiger charge is 2.11. The Morgan fingerprint density at radius 3 is 2.44 bits per heavy atom. The van der Waals surface area contributed by atoms with Gasteiger partial charge >= 0.3 is 0 Å². The third kappa shape index (κ3) is 5.29. The molecule has 1 fully saturated rings. The van der Waals surface area contributed by atoms with Crippen molar-refractivity contribution in [3.8, 4) is 5.75 Å². The van der Waals surface area contributed by atoms with Crippen LogP contribution in [0.4, 0.5) is 4.39 Å². The number of carbonyl (C=O) groups is 1. The maximum atomic E-state index is 13.4. The Bertz CT molecular complexity index is 697. The van der Waals surface area contributed by atoms with Crippen LogP contribution in [-0.2, 0) is 17.9 Å². The fourth-order valence-corrected chi connectivity index (χ4v) is 2.92. The van der Waals surface area contributed by atoms with Gasteiger partial charge < -0.3 is 10.1 Å². The predicted octanol–water partition coefficient (Wildman–Crippen LogP) is 3.12. The van der Waals surface area contributed by atoms with Gasteiger partial charge in [0.1, 0.15) is 0 Å². The molecule has 0 radical (unpaired) electrons. The Morgan fingerprint density at radius 2 is 1.72 bits per heavy atom. The minimum atomic E-state index is -0.469. The summed E-state index contributed by atoms with van der Waals surface area (Å²) in [6.45, 7) is 3.58. The summed E-state index contributed by atoms with van der Waals surface area (Å²) in [5.41, 5.74) is 2.32. The summed E-state index contributed by atoms with van der Waals surface area (Å²) >= 11 is 0. The van der Waals surface area contributed by atoms with Crippen molar-refractivity contribution < 1.29 is 13.9 Å². The van der Waals surface area contributed by atoms with Crippen LogP contribution in [0.1, 0.15) is 24.0 Å². The van der Waals surface area contributed by atoms with E-state index in [1.54, 1.807) is 12.1 Å². The molecule has 3 rings (SSSR count). The topological polar surface area (TPSA) is 41.6 Å². The Labute approximate surface area is 147 Å². The Balaban J connectivity index is 1.41. The second-order valence-corrected chi connectivity index (χ2v) is 6.30. The maximum absolute atomic E-state index is 13.4. The number of amides is 1. The lowest BCUT2D eigenvalue weighted by Crippen LogP contribution is -2.28. The van der Waals surface area contributed by atoms with Gasteiger partial charge in [-0.3, -0.25) is 9.69 Å². The fourth-order valence-electron chi connectivity index (χ4n) is 2.92. The number of hydrogen-bond acceptors (Lipinski definition) is 3. The molecular formula is C20H23FN2O2. The average molecular weight is 342 g/mol. The van der Waals surface area contributed by atoms with Gasteiger partial charge in [-0.15, -0.1) is 0 Å². The number of ether oxygens (including phenoxy) is 1. The summed E-state index contributed by atoms with van der Waals surface area (Å²) in [5, 5.41) is 2.78. The highest BCUT2D eigenvalue weighted by atomic mass is 19.1. The van der Waals surface area contributed by atoms with Gasteiger partial charge in [-0.1, -0.05) is 36.4 Å². The first-order chi connectivity index (χ1) is 12.2. The van der Waals surface area contributed by atoms with Gasteiger partial charge in [0.05, 0.1) is 0 Å². The number of likely N-dealkylation sites (tertiary alicyclic amines) is 1. The summed E-state index contributed by atoms with van der Waals surface area (Å²) in [6, 6.07) is 14.3. The average Bonchev–Trinajstić information content (AvgIpc) is 3.13. The molecule has 1 heterocycles. The Morgan fingerprint density at radius 1 is 1.04 bits per heavy atom. The van der Waals surface area contributed by atoms with Crippen molar-refractivity contribution >= 4 is 5.91 Å². The van der Waals surface area contributed by atoms with Gasteiger partial charge in [0, 0.05) is 13.1 Å². The quantitative estimate of drug-likeness (QED) is 0.841. The van der Waals surface area contributed by atoms with Crippen LogP contribution in [0.3, 0.4) is 0 Å². The molecule has 0 aromatic heterocycles. The van der Waals surface area contributed by atoms with Crippen molar-refractivity contribution in [2.24, 2.45) is 0 Å². The van der Waals surface area contributed by atoms with Crippen LogP contribution in [0.5, 0.6) is 5.75 Å². The number of carbonyl (C=O) groups excluding carboxylic acids is 1. The van der Waals surface area contributed by atoms with Gasteiger partial charge in [0.25, 0.3) is 5.91 Å². The summed E-state index contributed by atoms with van der Waals surface area (Å²) in [7, 11) is 0. The minimum Gasteiger partial charge on any atom is -0.481 e. The van der Waals surface area contributed by atoms with Crippen LogP contribution in [0.25, 0.3) is 0 Å². The molecule has 0 saturated carbocycles. The second kappa shape index (κ2) is 8.62. The molecule has 2 aromatic rings. The minimum absolute atomic E-state index is 0.0870. The van der Waals surface area contributed by atoms with Gasteiger partial charge in [-0.25, -0.2) is 4.39 Å². The highest BCUT2D eigenvalue weighted by Crippen LogP contribution is 2.15. The first-order valence-electron chi connectivity index (χ1n) is 8.65. The van der Waals surface area contributed by atoms with E-state index in [0.29, 0.717) is 6.54 Å². The molecule has 1 N–H and O–H groups in total. The van der Waals surface area contributed by atoms with Crippen LogP contribution in [0.2, 0.25) is 0 Å². The molecular weight excluding hydrogens is 319 g/mol. The molecule has 1 aliphatic heterocycles. The molecule has 0 aliphatic carbocycles. The molecule has 1 saturated heterocycles. The van der Waals surface area contributed by atoms with Crippen molar-refractivity contribution in [1.82, 2.24) is 10.2 Å². The molecule has 5 heteroatoms. The first-order valence-corrected chi connectivity index (χ1v) is 8.65. The zero-order chi connectivity index (χ0) is 17.5. The molecule has 0 unspecified atom stereocenters. The van der Waals surface area contributed by atoms with E-state index in [2.05, 4.69) is 22.3 Å². The number of nitrogens with zero attached hydrogens (tertiary/aromatic N) is 1. The summed E-state index contributed by atoms with van der Waals surface area (Å²) in [6.07, 6.45) is 2.58. The summed E-state index contributed by atoms with van der Waals surface area (Å²) in [4.78, 5) is 14.3. The number of nitrogens with one attached hydrogen (secondary N) is 1. The summed E-state index contributed by atoms with van der Waals surface area (Å²) in [5.74, 6) is -0.655. The zero-order valence-corrected chi connectivity index (χ0v) is 14.2. The van der Waals surface area contributed by atoms with Crippen molar-refractivity contribution in [3.63, 3.8) is 0 Å². The van der Waals surface area contributed by atoms with Gasteiger partial charge in [-0.05, 0) is 49.2 Å². The first kappa shape index (κ1) is 17.4. The van der Waals surface area contributed by atoms with E-state index >= 15 is 0 Å². The third-order valence-electron chi connectivity index (χ3n) is 4.31. The lowest BCUT2D eigenvalue weighted by atomic mass is 10.1. The van der Waals surface area contributed by atoms with E-state index in [0.717, 1.165) is 12.1 Å². The van der Waals surface area contributed by atoms with Crippen molar-refractivity contribution in [1.29, 1.82) is 0 Å². The largest absolute Gasteiger partial charge is 0.481 e. The van der Waals surface area contributed by atoms with E-state index in [-0.39, 0.29) is 18.3 Å². The van der Waals surface area contributed by atoms with Crippen LogP contribution in [0, 0.1) is 5.82 Å². The van der Waals surface area contributed by atoms with Crippen LogP contribution in [0.15, 0.2) is 48.5 Å². The van der Waals surface area contributed by atoms with E-state index < -0.39 is 5.82 Å². The number of para-hydroxylation sites is 1. The van der Waals surface area contributed by atoms with E-state index in [4.69, 9.17) is 4.74 Å². The monoisotopic (exact) mass is 342 g/mol. The van der Waals surface area contributed by atoms with Crippen LogP contribution >= 0.6 is 0 Å². The molecule has 25 heavy (non-hydrogen) atoms. The summed E-state index contributed by atoms with van der Waals surface area (Å²) < 4.78 is 18.6. The second-order valence-electron chi connectivity index (χ2n) is 6.30. The lowest BCUT2D eigenvalue weighted by molar-refractivity contribution is -0.123. The van der Waals surface area contributed by atoms with E-state index in [1.165, 1.54) is 43.6 Å². The molecule has 0 spiro atoms. The van der Waals surface area contributed by atoms with Crippen LogP contribution < -0.4 is 10.1 Å². The molecule has 1 aliphatic rings. The Hall–Kier alpha value is -2.40. The smallest absolute Gasteiger partial charge is 0.258 e. The van der Waals surface area contributed by atoms with Crippen LogP contribution in [-0.4, -0.2) is 30.5 Å². The zero-order valence-electron chi connectivity index (χ0n) is 14.2. The van der Waals surface area contributed by atoms with Crippen molar-refractivity contribution in [3.05, 3.63) is 65.5 Å². The van der Waals surface area contributed by atoms with E-state index in [1.807, 2.05) is 12.1 Å².